The van der Waals surface area contributed by atoms with Crippen molar-refractivity contribution in [2.75, 3.05) is 6.54 Å². The molecule has 0 aromatic heterocycles. The van der Waals surface area contributed by atoms with Crippen LogP contribution in [0.4, 0.5) is 4.39 Å². The number of carbonyl (C=O) groups is 1. The third-order valence-electron chi connectivity index (χ3n) is 3.60. The lowest BCUT2D eigenvalue weighted by molar-refractivity contribution is 0.0473. The zero-order chi connectivity index (χ0) is 13.9. The van der Waals surface area contributed by atoms with E-state index < -0.39 is 17.4 Å². The molecule has 1 aliphatic carbocycles. The van der Waals surface area contributed by atoms with Gasteiger partial charge in [0.05, 0.1) is 11.2 Å². The van der Waals surface area contributed by atoms with Crippen LogP contribution in [0.25, 0.3) is 0 Å². The van der Waals surface area contributed by atoms with Crippen LogP contribution in [-0.2, 0) is 6.54 Å². The van der Waals surface area contributed by atoms with E-state index in [0.717, 1.165) is 31.7 Å². The van der Waals surface area contributed by atoms with Crippen molar-refractivity contribution < 1.29 is 19.4 Å². The summed E-state index contributed by atoms with van der Waals surface area (Å²) in [6, 6.07) is 3.72. The van der Waals surface area contributed by atoms with E-state index in [0.29, 0.717) is 12.1 Å². The molecule has 1 aromatic carbocycles. The number of nitrogens with one attached hydrogen (secondary N) is 1. The second kappa shape index (κ2) is 5.67. The minimum Gasteiger partial charge on any atom is -0.478 e. The van der Waals surface area contributed by atoms with Crippen molar-refractivity contribution in [2.24, 2.45) is 0 Å². The van der Waals surface area contributed by atoms with Crippen molar-refractivity contribution >= 4 is 5.97 Å². The van der Waals surface area contributed by atoms with Crippen molar-refractivity contribution in [1.29, 1.82) is 0 Å². The number of carboxylic acids is 1. The highest BCUT2D eigenvalue weighted by Gasteiger charge is 2.30. The van der Waals surface area contributed by atoms with Gasteiger partial charge in [-0.05, 0) is 31.0 Å². The third kappa shape index (κ3) is 3.52. The van der Waals surface area contributed by atoms with Gasteiger partial charge in [0.25, 0.3) is 0 Å². The van der Waals surface area contributed by atoms with Gasteiger partial charge in [-0.25, -0.2) is 9.18 Å². The zero-order valence-electron chi connectivity index (χ0n) is 10.7. The summed E-state index contributed by atoms with van der Waals surface area (Å²) in [5.74, 6) is -1.51. The van der Waals surface area contributed by atoms with Crippen LogP contribution in [0.5, 0.6) is 0 Å². The number of benzene rings is 1. The molecule has 2 rings (SSSR count). The number of halogens is 1. The van der Waals surface area contributed by atoms with Crippen molar-refractivity contribution in [3.63, 3.8) is 0 Å². The van der Waals surface area contributed by atoms with E-state index in [1.165, 1.54) is 12.1 Å². The van der Waals surface area contributed by atoms with Gasteiger partial charge < -0.3 is 15.5 Å². The summed E-state index contributed by atoms with van der Waals surface area (Å²) in [6.45, 7) is 0.624. The monoisotopic (exact) mass is 267 g/mol. The number of carboxylic acid groups (broad SMARTS) is 1. The predicted octanol–water partition coefficient (Wildman–Crippen LogP) is 1.92. The van der Waals surface area contributed by atoms with E-state index in [4.69, 9.17) is 5.11 Å². The van der Waals surface area contributed by atoms with Gasteiger partial charge in [-0.2, -0.15) is 0 Å². The second-order valence-corrected chi connectivity index (χ2v) is 5.15. The van der Waals surface area contributed by atoms with Crippen LogP contribution < -0.4 is 5.32 Å². The first-order chi connectivity index (χ1) is 9.00. The molecule has 0 atom stereocenters. The molecular weight excluding hydrogens is 249 g/mol. The van der Waals surface area contributed by atoms with Gasteiger partial charge in [0.1, 0.15) is 5.82 Å². The average Bonchev–Trinajstić information content (AvgIpc) is 2.78. The van der Waals surface area contributed by atoms with E-state index in [1.54, 1.807) is 0 Å². The van der Waals surface area contributed by atoms with Crippen LogP contribution in [-0.4, -0.2) is 28.3 Å². The maximum absolute atomic E-state index is 13.5. The Morgan fingerprint density at radius 1 is 1.37 bits per heavy atom. The van der Waals surface area contributed by atoms with Gasteiger partial charge in [-0.3, -0.25) is 0 Å². The number of aliphatic hydroxyl groups is 1. The molecule has 0 unspecified atom stereocenters. The first kappa shape index (κ1) is 14.0. The van der Waals surface area contributed by atoms with Crippen LogP contribution in [0.2, 0.25) is 0 Å². The molecule has 19 heavy (non-hydrogen) atoms. The minimum atomic E-state index is -1.07. The van der Waals surface area contributed by atoms with E-state index in [2.05, 4.69) is 5.32 Å². The molecule has 1 fully saturated rings. The van der Waals surface area contributed by atoms with Crippen LogP contribution in [0.3, 0.4) is 0 Å². The largest absolute Gasteiger partial charge is 0.478 e. The van der Waals surface area contributed by atoms with E-state index >= 15 is 0 Å². The first-order valence-electron chi connectivity index (χ1n) is 6.45. The van der Waals surface area contributed by atoms with Crippen molar-refractivity contribution in [3.05, 3.63) is 35.1 Å². The third-order valence-corrected chi connectivity index (χ3v) is 3.60. The minimum absolute atomic E-state index is 0.0674. The molecule has 5 heteroatoms. The van der Waals surface area contributed by atoms with Crippen molar-refractivity contribution in [1.82, 2.24) is 5.32 Å². The normalized spacial score (nSPS) is 17.6. The summed E-state index contributed by atoms with van der Waals surface area (Å²) in [5.41, 5.74) is -0.319. The predicted molar refractivity (Wildman–Crippen MR) is 68.5 cm³/mol. The molecule has 3 N–H and O–H groups in total. The summed E-state index contributed by atoms with van der Waals surface area (Å²) in [4.78, 5) is 10.8. The van der Waals surface area contributed by atoms with Gasteiger partial charge in [0, 0.05) is 18.7 Å². The van der Waals surface area contributed by atoms with Crippen LogP contribution in [0.1, 0.15) is 41.6 Å². The van der Waals surface area contributed by atoms with Crippen LogP contribution in [0, 0.1) is 5.82 Å². The van der Waals surface area contributed by atoms with Gasteiger partial charge in [-0.1, -0.05) is 12.8 Å². The standard InChI is InChI=1S/C14H18FNO3/c15-12-4-3-10(13(17)18)7-11(12)8-16-9-14(19)5-1-2-6-14/h3-4,7,16,19H,1-2,5-6,8-9H2,(H,17,18). The zero-order valence-corrected chi connectivity index (χ0v) is 10.7. The van der Waals surface area contributed by atoms with Crippen LogP contribution in [0.15, 0.2) is 18.2 Å². The highest BCUT2D eigenvalue weighted by atomic mass is 19.1. The Kier molecular flexibility index (Phi) is 4.17. The highest BCUT2D eigenvalue weighted by molar-refractivity contribution is 5.87. The second-order valence-electron chi connectivity index (χ2n) is 5.15. The summed E-state index contributed by atoms with van der Waals surface area (Å²) in [7, 11) is 0. The fraction of sp³-hybridized carbons (Fsp3) is 0.500. The molecule has 0 spiro atoms. The van der Waals surface area contributed by atoms with Crippen molar-refractivity contribution in [3.8, 4) is 0 Å². The van der Waals surface area contributed by atoms with Crippen LogP contribution >= 0.6 is 0 Å². The van der Waals surface area contributed by atoms with Crippen molar-refractivity contribution in [2.45, 2.75) is 37.8 Å². The molecular formula is C14H18FNO3. The molecule has 1 aromatic rings. The molecule has 0 saturated heterocycles. The topological polar surface area (TPSA) is 69.6 Å². The fourth-order valence-electron chi connectivity index (χ4n) is 2.48. The fourth-order valence-corrected chi connectivity index (χ4v) is 2.48. The smallest absolute Gasteiger partial charge is 0.335 e. The lowest BCUT2D eigenvalue weighted by atomic mass is 10.0. The molecule has 4 nitrogen and oxygen atoms in total. The molecule has 1 saturated carbocycles. The summed E-state index contributed by atoms with van der Waals surface area (Å²) in [6.07, 6.45) is 3.55. The van der Waals surface area contributed by atoms with Gasteiger partial charge >= 0.3 is 5.97 Å². The van der Waals surface area contributed by atoms with Gasteiger partial charge in [0.15, 0.2) is 0 Å². The number of hydrogen-bond donors (Lipinski definition) is 3. The van der Waals surface area contributed by atoms with E-state index in [9.17, 15) is 14.3 Å². The molecule has 0 heterocycles. The molecule has 0 aliphatic heterocycles. The van der Waals surface area contributed by atoms with Gasteiger partial charge in [-0.15, -0.1) is 0 Å². The number of hydrogen-bond acceptors (Lipinski definition) is 3. The van der Waals surface area contributed by atoms with E-state index in [1.807, 2.05) is 0 Å². The molecule has 0 amide bonds. The molecule has 104 valence electrons. The lowest BCUT2D eigenvalue weighted by Crippen LogP contribution is -2.37. The average molecular weight is 267 g/mol. The summed E-state index contributed by atoms with van der Waals surface area (Å²) in [5, 5.41) is 22.0. The molecule has 1 aliphatic rings. The lowest BCUT2D eigenvalue weighted by Gasteiger charge is -2.22. The SMILES string of the molecule is O=C(O)c1ccc(F)c(CNCC2(O)CCCC2)c1. The van der Waals surface area contributed by atoms with E-state index in [-0.39, 0.29) is 12.1 Å². The quantitative estimate of drug-likeness (QED) is 0.762. The highest BCUT2D eigenvalue weighted by Crippen LogP contribution is 2.28. The summed E-state index contributed by atoms with van der Waals surface area (Å²) < 4.78 is 13.5. The van der Waals surface area contributed by atoms with Gasteiger partial charge in [0.2, 0.25) is 0 Å². The Bertz CT molecular complexity index is 470. The first-order valence-corrected chi connectivity index (χ1v) is 6.45. The Balaban J connectivity index is 1.95. The maximum atomic E-state index is 13.5. The molecule has 0 radical (unpaired) electrons. The number of rotatable bonds is 5. The Hall–Kier alpha value is -1.46. The maximum Gasteiger partial charge on any atom is 0.335 e. The Morgan fingerprint density at radius 3 is 2.68 bits per heavy atom. The number of aromatic carboxylic acids is 1. The Morgan fingerprint density at radius 2 is 2.05 bits per heavy atom. The molecule has 0 bridgehead atoms. The Labute approximate surface area is 111 Å². The summed E-state index contributed by atoms with van der Waals surface area (Å²) >= 11 is 0.